The molecule has 0 saturated heterocycles. The monoisotopic (exact) mass is 411 g/mol. The van der Waals surface area contributed by atoms with Gasteiger partial charge in [0.15, 0.2) is 0 Å². The number of hydrogen-bond acceptors (Lipinski definition) is 2. The Morgan fingerprint density at radius 2 is 2.00 bits per heavy atom. The molecule has 5 N–H and O–H groups in total. The van der Waals surface area contributed by atoms with Crippen LogP contribution < -0.4 is 5.73 Å². The van der Waals surface area contributed by atoms with Gasteiger partial charge in [-0.05, 0) is 13.0 Å². The van der Waals surface area contributed by atoms with Crippen molar-refractivity contribution in [2.45, 2.75) is 25.3 Å². The summed E-state index contributed by atoms with van der Waals surface area (Å²) in [6, 6.07) is -0.855. The van der Waals surface area contributed by atoms with Gasteiger partial charge < -0.3 is 16.6 Å². The molecule has 7 heteroatoms. The summed E-state index contributed by atoms with van der Waals surface area (Å²) in [5.41, 5.74) is 12.2. The molecule has 0 aromatic heterocycles. The van der Waals surface area contributed by atoms with Crippen LogP contribution in [-0.2, 0) is 21.3 Å². The van der Waals surface area contributed by atoms with E-state index in [0.29, 0.717) is 13.0 Å². The SMILES string of the molecule is [Cl][Pt][Cl].[NH-]C(CCCCN)C(=O)[OH2+]. The second-order valence-corrected chi connectivity index (χ2v) is 5.53. The smallest absolute Gasteiger partial charge is 0.498 e. The maximum Gasteiger partial charge on any atom is 0.498 e. The van der Waals surface area contributed by atoms with Gasteiger partial charge in [0.2, 0.25) is 0 Å². The van der Waals surface area contributed by atoms with Crippen molar-refractivity contribution < 1.29 is 26.4 Å². The predicted octanol–water partition coefficient (Wildman–Crippen LogP) is 1.16. The molecule has 0 aromatic carbocycles. The first kappa shape index (κ1) is 16.1. The molecule has 0 heterocycles. The average molecular weight is 412 g/mol. The fourth-order valence-corrected chi connectivity index (χ4v) is 0.624. The summed E-state index contributed by atoms with van der Waals surface area (Å²) in [6.07, 6.45) is 2.08. The Morgan fingerprint density at radius 3 is 2.31 bits per heavy atom. The molecule has 0 aromatic rings. The number of carbonyl (C=O) groups excluding carboxylic acids is 1. The fraction of sp³-hybridized carbons (Fsp3) is 0.833. The second kappa shape index (κ2) is 12.7. The van der Waals surface area contributed by atoms with E-state index in [1.54, 1.807) is 0 Å². The van der Waals surface area contributed by atoms with E-state index in [1.165, 1.54) is 0 Å². The van der Waals surface area contributed by atoms with Crippen LogP contribution in [0.1, 0.15) is 19.3 Å². The maximum absolute atomic E-state index is 10.2. The van der Waals surface area contributed by atoms with Crippen molar-refractivity contribution in [3.63, 3.8) is 0 Å². The third-order valence-electron chi connectivity index (χ3n) is 1.26. The Kier molecular flexibility index (Phi) is 15.7. The van der Waals surface area contributed by atoms with Crippen LogP contribution in [0.4, 0.5) is 0 Å². The minimum absolute atomic E-state index is 0.472. The summed E-state index contributed by atoms with van der Waals surface area (Å²) in [7, 11) is 9.75. The largest absolute Gasteiger partial charge is 0.660 e. The number of halogens is 2. The molecular formula is C6H14Cl2N2O2Pt. The molecule has 4 nitrogen and oxygen atoms in total. The quantitative estimate of drug-likeness (QED) is 0.543. The third kappa shape index (κ3) is 15.4. The Hall–Kier alpha value is 0.658. The Bertz CT molecular complexity index is 129. The van der Waals surface area contributed by atoms with Gasteiger partial charge in [-0.1, -0.05) is 12.8 Å². The van der Waals surface area contributed by atoms with E-state index in [1.807, 2.05) is 0 Å². The molecule has 0 aliphatic carbocycles. The molecule has 0 amide bonds. The minimum Gasteiger partial charge on any atom is -0.660 e. The van der Waals surface area contributed by atoms with Gasteiger partial charge in [-0.2, -0.15) is 0 Å². The number of carbonyl (C=O) groups is 1. The van der Waals surface area contributed by atoms with Crippen LogP contribution in [0.3, 0.4) is 0 Å². The van der Waals surface area contributed by atoms with Crippen molar-refractivity contribution in [2.24, 2.45) is 5.73 Å². The summed E-state index contributed by atoms with van der Waals surface area (Å²) in [6.45, 7) is 0.596. The summed E-state index contributed by atoms with van der Waals surface area (Å²) in [4.78, 5) is 10.2. The molecule has 0 fully saturated rings. The van der Waals surface area contributed by atoms with E-state index < -0.39 is 28.5 Å². The average Bonchev–Trinajstić information content (AvgIpc) is 2.06. The summed E-state index contributed by atoms with van der Waals surface area (Å²) < 4.78 is 0. The second-order valence-electron chi connectivity index (χ2n) is 2.25. The van der Waals surface area contributed by atoms with Crippen molar-refractivity contribution in [3.05, 3.63) is 5.73 Å². The van der Waals surface area contributed by atoms with Crippen molar-refractivity contribution in [2.75, 3.05) is 6.54 Å². The van der Waals surface area contributed by atoms with E-state index in [0.717, 1.165) is 12.8 Å². The molecule has 0 bridgehead atoms. The number of nitrogens with two attached hydrogens (primary N) is 1. The van der Waals surface area contributed by atoms with Crippen LogP contribution in [0.5, 0.6) is 0 Å². The molecule has 84 valence electrons. The molecule has 0 spiro atoms. The molecule has 0 rings (SSSR count). The fourth-order valence-electron chi connectivity index (χ4n) is 0.624. The molecule has 1 unspecified atom stereocenters. The van der Waals surface area contributed by atoms with Crippen LogP contribution in [0.2, 0.25) is 0 Å². The first-order valence-electron chi connectivity index (χ1n) is 3.59. The van der Waals surface area contributed by atoms with Crippen LogP contribution in [-0.4, -0.2) is 23.7 Å². The van der Waals surface area contributed by atoms with Crippen molar-refractivity contribution in [1.29, 1.82) is 0 Å². The van der Waals surface area contributed by atoms with E-state index >= 15 is 0 Å². The molecule has 1 atom stereocenters. The maximum atomic E-state index is 10.2. The predicted molar refractivity (Wildman–Crippen MR) is 51.3 cm³/mol. The van der Waals surface area contributed by atoms with Crippen molar-refractivity contribution >= 4 is 24.8 Å². The zero-order valence-electron chi connectivity index (χ0n) is 6.96. The number of hydrogen-bond donors (Lipinski definition) is 1. The molecule has 0 aliphatic rings. The van der Waals surface area contributed by atoms with Gasteiger partial charge in [0, 0.05) is 10.8 Å². The van der Waals surface area contributed by atoms with Crippen LogP contribution >= 0.6 is 18.8 Å². The van der Waals surface area contributed by atoms with Gasteiger partial charge in [-0.25, -0.2) is 0 Å². The molecular weight excluding hydrogens is 398 g/mol. The molecule has 0 aliphatic heterocycles. The third-order valence-corrected chi connectivity index (χ3v) is 1.26. The Morgan fingerprint density at radius 1 is 1.54 bits per heavy atom. The zero-order chi connectivity index (χ0) is 10.7. The van der Waals surface area contributed by atoms with Crippen LogP contribution in [0.25, 0.3) is 5.73 Å². The standard InChI is InChI=1S/C6H13N2O2.2ClH.Pt/c7-4-2-1-3-5(8)6(9)10;;;/h5,8H,1-4,7H2,(H,9,10);2*1H;/q-1;;;+2/p-1. The molecule has 0 saturated carbocycles. The summed E-state index contributed by atoms with van der Waals surface area (Å²) >= 11 is -0.472. The van der Waals surface area contributed by atoms with E-state index in [4.69, 9.17) is 35.4 Å². The molecule has 0 radical (unpaired) electrons. The zero-order valence-corrected chi connectivity index (χ0v) is 10.7. The number of rotatable bonds is 5. The van der Waals surface area contributed by atoms with Gasteiger partial charge >= 0.3 is 41.3 Å². The number of unbranched alkanes of at least 4 members (excludes halogenated alkanes) is 1. The van der Waals surface area contributed by atoms with Gasteiger partial charge in [0.05, 0.1) is 0 Å². The van der Waals surface area contributed by atoms with Crippen molar-refractivity contribution in [3.8, 4) is 0 Å². The minimum atomic E-state index is -0.855. The topological polar surface area (TPSA) is 89.8 Å². The van der Waals surface area contributed by atoms with Gasteiger partial charge in [0.1, 0.15) is 0 Å². The van der Waals surface area contributed by atoms with Gasteiger partial charge in [-0.3, -0.25) is 0 Å². The van der Waals surface area contributed by atoms with Crippen LogP contribution in [0.15, 0.2) is 0 Å². The first-order valence-corrected chi connectivity index (χ1v) is 9.22. The van der Waals surface area contributed by atoms with Crippen LogP contribution in [0, 0.1) is 0 Å². The first-order chi connectivity index (χ1) is 6.09. The Balaban J connectivity index is 0. The normalized spacial score (nSPS) is 11.7. The van der Waals surface area contributed by atoms with E-state index in [-0.39, 0.29) is 0 Å². The van der Waals surface area contributed by atoms with E-state index in [2.05, 4.69) is 0 Å². The van der Waals surface area contributed by atoms with Crippen molar-refractivity contribution in [1.82, 2.24) is 0 Å². The molecule has 13 heavy (non-hydrogen) atoms. The Labute approximate surface area is 94.3 Å². The van der Waals surface area contributed by atoms with Gasteiger partial charge in [-0.15, -0.1) is 0 Å². The van der Waals surface area contributed by atoms with Gasteiger partial charge in [0.25, 0.3) is 0 Å². The summed E-state index contributed by atoms with van der Waals surface area (Å²) in [5, 5.41) is 6.56. The van der Waals surface area contributed by atoms with E-state index in [9.17, 15) is 4.79 Å². The summed E-state index contributed by atoms with van der Waals surface area (Å²) in [5.74, 6) is -0.794. The number of nitrogens with one attached hydrogen (secondary N) is 1.